The van der Waals surface area contributed by atoms with E-state index in [0.29, 0.717) is 5.11 Å². The second-order valence-electron chi connectivity index (χ2n) is 8.42. The van der Waals surface area contributed by atoms with E-state index in [0.717, 1.165) is 34.3 Å². The third-order valence-electron chi connectivity index (χ3n) is 6.20. The van der Waals surface area contributed by atoms with Crippen LogP contribution in [0.25, 0.3) is 5.69 Å². The Morgan fingerprint density at radius 2 is 1.56 bits per heavy atom. The van der Waals surface area contributed by atoms with Crippen LogP contribution in [0.1, 0.15) is 23.5 Å². The second-order valence-corrected chi connectivity index (χ2v) is 8.81. The van der Waals surface area contributed by atoms with Crippen molar-refractivity contribution in [2.45, 2.75) is 12.1 Å². The number of aromatic nitrogens is 3. The van der Waals surface area contributed by atoms with Crippen molar-refractivity contribution in [2.24, 2.45) is 0 Å². The molecule has 6 rings (SSSR count). The SMILES string of the molecule is S=C1N[C@@H](c2ccccn2)[C@H](c2cccn2-c2cccnc2)N1c1ccc(Oc2ccccc2)cc1. The zero-order valence-electron chi connectivity index (χ0n) is 19.3. The number of anilines is 1. The molecule has 2 aromatic carbocycles. The van der Waals surface area contributed by atoms with Gasteiger partial charge in [0.1, 0.15) is 17.5 Å². The molecule has 1 saturated heterocycles. The molecule has 3 aromatic heterocycles. The molecule has 1 N–H and O–H groups in total. The molecule has 0 bridgehead atoms. The first kappa shape index (κ1) is 22.0. The average molecular weight is 490 g/mol. The van der Waals surface area contributed by atoms with Crippen molar-refractivity contribution < 1.29 is 4.74 Å². The first-order chi connectivity index (χ1) is 17.8. The fourth-order valence-corrected chi connectivity index (χ4v) is 4.95. The highest BCUT2D eigenvalue weighted by Crippen LogP contribution is 2.42. The maximum atomic E-state index is 6.00. The molecule has 176 valence electrons. The van der Waals surface area contributed by atoms with E-state index >= 15 is 0 Å². The van der Waals surface area contributed by atoms with Crippen LogP contribution in [0.2, 0.25) is 0 Å². The van der Waals surface area contributed by atoms with E-state index in [-0.39, 0.29) is 12.1 Å². The summed E-state index contributed by atoms with van der Waals surface area (Å²) in [7, 11) is 0. The summed E-state index contributed by atoms with van der Waals surface area (Å²) in [5.74, 6) is 1.56. The van der Waals surface area contributed by atoms with Gasteiger partial charge in [0.25, 0.3) is 0 Å². The third-order valence-corrected chi connectivity index (χ3v) is 6.51. The van der Waals surface area contributed by atoms with Gasteiger partial charge < -0.3 is 19.5 Å². The maximum Gasteiger partial charge on any atom is 0.174 e. The molecule has 7 heteroatoms. The lowest BCUT2D eigenvalue weighted by atomic mass is 10.0. The van der Waals surface area contributed by atoms with Crippen molar-refractivity contribution in [3.63, 3.8) is 0 Å². The fourth-order valence-electron chi connectivity index (χ4n) is 4.60. The monoisotopic (exact) mass is 489 g/mol. The first-order valence-corrected chi connectivity index (χ1v) is 12.1. The van der Waals surface area contributed by atoms with Crippen LogP contribution in [0, 0.1) is 0 Å². The predicted octanol–water partition coefficient (Wildman–Crippen LogP) is 6.24. The van der Waals surface area contributed by atoms with Gasteiger partial charge >= 0.3 is 0 Å². The normalized spacial score (nSPS) is 17.1. The quantitative estimate of drug-likeness (QED) is 0.285. The topological polar surface area (TPSA) is 55.2 Å². The minimum atomic E-state index is -0.136. The standard InChI is InChI=1S/C29H23N5OS/c36-29-32-27(25-11-4-5-18-31-25)28(26-12-7-19-33(26)22-8-6-17-30-20-22)34(29)21-13-15-24(16-14-21)35-23-9-2-1-3-10-23/h1-20,27-28H,(H,32,36)/t27-,28-/m0/s1. The van der Waals surface area contributed by atoms with E-state index in [2.05, 4.69) is 37.0 Å². The number of para-hydroxylation sites is 1. The molecular weight excluding hydrogens is 466 g/mol. The van der Waals surface area contributed by atoms with Gasteiger partial charge in [-0.25, -0.2) is 0 Å². The molecule has 0 saturated carbocycles. The maximum absolute atomic E-state index is 6.00. The molecule has 0 unspecified atom stereocenters. The van der Waals surface area contributed by atoms with Gasteiger partial charge in [-0.3, -0.25) is 9.97 Å². The Labute approximate surface area is 214 Å². The molecule has 36 heavy (non-hydrogen) atoms. The van der Waals surface area contributed by atoms with Gasteiger partial charge in [0.05, 0.1) is 23.6 Å². The summed E-state index contributed by atoms with van der Waals surface area (Å²) in [5, 5.41) is 4.17. The molecule has 1 aliphatic heterocycles. The van der Waals surface area contributed by atoms with E-state index in [1.165, 1.54) is 0 Å². The largest absolute Gasteiger partial charge is 0.457 e. The predicted molar refractivity (Wildman–Crippen MR) is 144 cm³/mol. The van der Waals surface area contributed by atoms with Crippen molar-refractivity contribution in [3.8, 4) is 17.2 Å². The molecular formula is C29H23N5OS. The summed E-state index contributed by atoms with van der Waals surface area (Å²) in [4.78, 5) is 11.1. The number of thiocarbonyl (C=S) groups is 1. The molecule has 0 aliphatic carbocycles. The van der Waals surface area contributed by atoms with Gasteiger partial charge in [0.15, 0.2) is 5.11 Å². The Morgan fingerprint density at radius 1 is 0.750 bits per heavy atom. The molecule has 1 fully saturated rings. The minimum absolute atomic E-state index is 0.135. The van der Waals surface area contributed by atoms with Gasteiger partial charge in [-0.2, -0.15) is 0 Å². The van der Waals surface area contributed by atoms with Crippen molar-refractivity contribution in [2.75, 3.05) is 4.90 Å². The summed E-state index contributed by atoms with van der Waals surface area (Å²) >= 11 is 5.88. The van der Waals surface area contributed by atoms with E-state index < -0.39 is 0 Å². The van der Waals surface area contributed by atoms with Crippen LogP contribution < -0.4 is 15.0 Å². The first-order valence-electron chi connectivity index (χ1n) is 11.7. The van der Waals surface area contributed by atoms with Crippen molar-refractivity contribution in [1.29, 1.82) is 0 Å². The minimum Gasteiger partial charge on any atom is -0.457 e. The summed E-state index contributed by atoms with van der Waals surface area (Å²) < 4.78 is 8.16. The van der Waals surface area contributed by atoms with Crippen molar-refractivity contribution >= 4 is 23.0 Å². The lowest BCUT2D eigenvalue weighted by Gasteiger charge is -2.29. The van der Waals surface area contributed by atoms with Crippen LogP contribution >= 0.6 is 12.2 Å². The van der Waals surface area contributed by atoms with Crippen molar-refractivity contribution in [1.82, 2.24) is 19.9 Å². The van der Waals surface area contributed by atoms with Crippen LogP contribution in [0.5, 0.6) is 11.5 Å². The molecule has 4 heterocycles. The molecule has 0 amide bonds. The molecule has 6 nitrogen and oxygen atoms in total. The number of benzene rings is 2. The Morgan fingerprint density at radius 3 is 2.31 bits per heavy atom. The zero-order chi connectivity index (χ0) is 24.3. The number of pyridine rings is 2. The lowest BCUT2D eigenvalue weighted by Crippen LogP contribution is -2.30. The summed E-state index contributed by atoms with van der Waals surface area (Å²) in [6, 6.07) is 31.6. The zero-order valence-corrected chi connectivity index (χ0v) is 20.1. The van der Waals surface area contributed by atoms with E-state index in [1.807, 2.05) is 103 Å². The van der Waals surface area contributed by atoms with Crippen LogP contribution in [-0.4, -0.2) is 19.6 Å². The van der Waals surface area contributed by atoms with Gasteiger partial charge in [-0.15, -0.1) is 0 Å². The Balaban J connectivity index is 1.40. The van der Waals surface area contributed by atoms with E-state index in [4.69, 9.17) is 17.0 Å². The van der Waals surface area contributed by atoms with Gasteiger partial charge in [0, 0.05) is 30.0 Å². The van der Waals surface area contributed by atoms with E-state index in [9.17, 15) is 0 Å². The molecule has 0 spiro atoms. The van der Waals surface area contributed by atoms with Crippen LogP contribution in [0.3, 0.4) is 0 Å². The third kappa shape index (κ3) is 4.21. The summed E-state index contributed by atoms with van der Waals surface area (Å²) in [5.41, 5.74) is 3.96. The Bertz CT molecular complexity index is 1460. The van der Waals surface area contributed by atoms with Gasteiger partial charge in [-0.1, -0.05) is 24.3 Å². The van der Waals surface area contributed by atoms with E-state index in [1.54, 1.807) is 6.20 Å². The number of nitrogens with zero attached hydrogens (tertiary/aromatic N) is 4. The van der Waals surface area contributed by atoms with Crippen molar-refractivity contribution in [3.05, 3.63) is 133 Å². The highest BCUT2D eigenvalue weighted by atomic mass is 32.1. The average Bonchev–Trinajstić information content (AvgIpc) is 3.55. The van der Waals surface area contributed by atoms with Crippen LogP contribution in [0.15, 0.2) is 122 Å². The molecule has 0 radical (unpaired) electrons. The number of hydrogen-bond donors (Lipinski definition) is 1. The number of nitrogens with one attached hydrogen (secondary N) is 1. The van der Waals surface area contributed by atoms with Gasteiger partial charge in [0.2, 0.25) is 0 Å². The molecule has 5 aromatic rings. The molecule has 1 aliphatic rings. The Kier molecular flexibility index (Phi) is 5.89. The van der Waals surface area contributed by atoms with Gasteiger partial charge in [-0.05, 0) is 85.0 Å². The van der Waals surface area contributed by atoms with Crippen LogP contribution in [-0.2, 0) is 0 Å². The fraction of sp³-hybridized carbons (Fsp3) is 0.0690. The smallest absolute Gasteiger partial charge is 0.174 e. The summed E-state index contributed by atoms with van der Waals surface area (Å²) in [6.45, 7) is 0. The number of hydrogen-bond acceptors (Lipinski definition) is 4. The lowest BCUT2D eigenvalue weighted by molar-refractivity contribution is 0.482. The number of ether oxygens (including phenoxy) is 1. The number of rotatable bonds is 6. The van der Waals surface area contributed by atoms with Crippen LogP contribution in [0.4, 0.5) is 5.69 Å². The second kappa shape index (κ2) is 9.64. The highest BCUT2D eigenvalue weighted by Gasteiger charge is 2.42. The summed E-state index contributed by atoms with van der Waals surface area (Å²) in [6.07, 6.45) is 7.51. The molecule has 2 atom stereocenters. The highest BCUT2D eigenvalue weighted by molar-refractivity contribution is 7.80. The Hall–Kier alpha value is -4.49.